The third-order valence-corrected chi connectivity index (χ3v) is 2.89. The van der Waals surface area contributed by atoms with Crippen molar-refractivity contribution in [3.63, 3.8) is 0 Å². The van der Waals surface area contributed by atoms with Crippen molar-refractivity contribution >= 4 is 26.8 Å². The van der Waals surface area contributed by atoms with Crippen LogP contribution in [0, 0.1) is 6.92 Å². The predicted octanol–water partition coefficient (Wildman–Crippen LogP) is 3.69. The van der Waals surface area contributed by atoms with E-state index in [0.717, 1.165) is 4.60 Å². The highest BCUT2D eigenvalue weighted by molar-refractivity contribution is 9.10. The molecular formula is C11H13BrN2. The maximum absolute atomic E-state index is 4.46. The molecule has 3 heteroatoms. The Bertz CT molecular complexity index is 471. The van der Waals surface area contributed by atoms with Crippen LogP contribution in [0.1, 0.15) is 25.5 Å². The van der Waals surface area contributed by atoms with Gasteiger partial charge in [-0.15, -0.1) is 0 Å². The minimum atomic E-state index is 0.394. The van der Waals surface area contributed by atoms with Gasteiger partial charge in [0.15, 0.2) is 0 Å². The number of fused-ring (bicyclic) bond motifs is 1. The van der Waals surface area contributed by atoms with Gasteiger partial charge in [0.2, 0.25) is 0 Å². The Morgan fingerprint density at radius 1 is 1.36 bits per heavy atom. The summed E-state index contributed by atoms with van der Waals surface area (Å²) in [7, 11) is 0. The molecular weight excluding hydrogens is 240 g/mol. The lowest BCUT2D eigenvalue weighted by Gasteiger charge is -2.06. The zero-order valence-electron chi connectivity index (χ0n) is 8.58. The van der Waals surface area contributed by atoms with Crippen LogP contribution in [-0.2, 0) is 0 Å². The molecule has 0 aliphatic heterocycles. The summed E-state index contributed by atoms with van der Waals surface area (Å²) >= 11 is 3.48. The minimum Gasteiger partial charge on any atom is -0.261 e. The summed E-state index contributed by atoms with van der Waals surface area (Å²) in [5, 5.41) is 5.65. The summed E-state index contributed by atoms with van der Waals surface area (Å²) in [4.78, 5) is 0. The quantitative estimate of drug-likeness (QED) is 0.757. The molecule has 1 aromatic heterocycles. The molecule has 0 atom stereocenters. The van der Waals surface area contributed by atoms with Crippen molar-refractivity contribution < 1.29 is 0 Å². The SMILES string of the molecule is Cc1ccc2c(Br)nn(C(C)C)c2c1. The van der Waals surface area contributed by atoms with Gasteiger partial charge in [-0.25, -0.2) is 0 Å². The molecule has 0 saturated carbocycles. The van der Waals surface area contributed by atoms with Gasteiger partial charge in [0.25, 0.3) is 0 Å². The molecule has 2 nitrogen and oxygen atoms in total. The molecule has 74 valence electrons. The fourth-order valence-electron chi connectivity index (χ4n) is 1.60. The topological polar surface area (TPSA) is 17.8 Å². The average molecular weight is 253 g/mol. The van der Waals surface area contributed by atoms with Gasteiger partial charge in [-0.3, -0.25) is 4.68 Å². The van der Waals surface area contributed by atoms with E-state index in [1.54, 1.807) is 0 Å². The molecule has 0 fully saturated rings. The molecule has 0 spiro atoms. The van der Waals surface area contributed by atoms with Crippen LogP contribution in [-0.4, -0.2) is 9.78 Å². The van der Waals surface area contributed by atoms with Crippen molar-refractivity contribution in [3.05, 3.63) is 28.4 Å². The largest absolute Gasteiger partial charge is 0.261 e. The van der Waals surface area contributed by atoms with Crippen LogP contribution in [0.3, 0.4) is 0 Å². The van der Waals surface area contributed by atoms with Gasteiger partial charge in [-0.1, -0.05) is 6.07 Å². The van der Waals surface area contributed by atoms with Crippen molar-refractivity contribution in [2.45, 2.75) is 26.8 Å². The number of rotatable bonds is 1. The number of halogens is 1. The number of hydrogen-bond acceptors (Lipinski definition) is 1. The van der Waals surface area contributed by atoms with Crippen LogP contribution in [0.25, 0.3) is 10.9 Å². The van der Waals surface area contributed by atoms with E-state index >= 15 is 0 Å². The average Bonchev–Trinajstić information content (AvgIpc) is 2.43. The maximum Gasteiger partial charge on any atom is 0.136 e. The monoisotopic (exact) mass is 252 g/mol. The Hall–Kier alpha value is -0.830. The first-order chi connectivity index (χ1) is 6.59. The van der Waals surface area contributed by atoms with Gasteiger partial charge >= 0.3 is 0 Å². The Morgan fingerprint density at radius 3 is 2.71 bits per heavy atom. The smallest absolute Gasteiger partial charge is 0.136 e. The van der Waals surface area contributed by atoms with Gasteiger partial charge in [0, 0.05) is 11.4 Å². The van der Waals surface area contributed by atoms with Crippen molar-refractivity contribution in [3.8, 4) is 0 Å². The van der Waals surface area contributed by atoms with E-state index in [-0.39, 0.29) is 0 Å². The first-order valence-electron chi connectivity index (χ1n) is 4.74. The molecule has 0 saturated heterocycles. The fraction of sp³-hybridized carbons (Fsp3) is 0.364. The third kappa shape index (κ3) is 1.46. The second-order valence-corrected chi connectivity index (χ2v) is 4.60. The highest BCUT2D eigenvalue weighted by Gasteiger charge is 2.09. The molecule has 1 heterocycles. The van der Waals surface area contributed by atoms with Crippen LogP contribution >= 0.6 is 15.9 Å². The van der Waals surface area contributed by atoms with Gasteiger partial charge in [0.05, 0.1) is 5.52 Å². The summed E-state index contributed by atoms with van der Waals surface area (Å²) in [5.41, 5.74) is 2.47. The number of benzene rings is 1. The van der Waals surface area contributed by atoms with Gasteiger partial charge in [-0.2, -0.15) is 5.10 Å². The summed E-state index contributed by atoms with van der Waals surface area (Å²) in [6.45, 7) is 6.38. The summed E-state index contributed by atoms with van der Waals surface area (Å²) in [6.07, 6.45) is 0. The molecule has 0 bridgehead atoms. The van der Waals surface area contributed by atoms with E-state index in [4.69, 9.17) is 0 Å². The van der Waals surface area contributed by atoms with Crippen LogP contribution in [0.5, 0.6) is 0 Å². The maximum atomic E-state index is 4.46. The van der Waals surface area contributed by atoms with E-state index in [9.17, 15) is 0 Å². The highest BCUT2D eigenvalue weighted by Crippen LogP contribution is 2.26. The molecule has 0 aliphatic rings. The highest BCUT2D eigenvalue weighted by atomic mass is 79.9. The summed E-state index contributed by atoms with van der Waals surface area (Å²) in [6, 6.07) is 6.79. The Morgan fingerprint density at radius 2 is 2.07 bits per heavy atom. The van der Waals surface area contributed by atoms with Crippen LogP contribution in [0.15, 0.2) is 22.8 Å². The van der Waals surface area contributed by atoms with Gasteiger partial charge in [-0.05, 0) is 54.4 Å². The molecule has 0 N–H and O–H groups in total. The third-order valence-electron chi connectivity index (χ3n) is 2.31. The number of hydrogen-bond donors (Lipinski definition) is 0. The minimum absolute atomic E-state index is 0.394. The standard InChI is InChI=1S/C11H13BrN2/c1-7(2)14-10-6-8(3)4-5-9(10)11(12)13-14/h4-7H,1-3H3. The van der Waals surface area contributed by atoms with E-state index < -0.39 is 0 Å². The van der Waals surface area contributed by atoms with Crippen LogP contribution in [0.2, 0.25) is 0 Å². The van der Waals surface area contributed by atoms with Crippen LogP contribution in [0.4, 0.5) is 0 Å². The predicted molar refractivity (Wildman–Crippen MR) is 62.6 cm³/mol. The van der Waals surface area contributed by atoms with E-state index in [1.165, 1.54) is 16.5 Å². The molecule has 0 radical (unpaired) electrons. The first kappa shape index (κ1) is 9.71. The fourth-order valence-corrected chi connectivity index (χ4v) is 2.11. The molecule has 14 heavy (non-hydrogen) atoms. The molecule has 2 aromatic rings. The van der Waals surface area contributed by atoms with Gasteiger partial charge in [0.1, 0.15) is 4.60 Å². The van der Waals surface area contributed by atoms with E-state index in [1.807, 2.05) is 4.68 Å². The zero-order chi connectivity index (χ0) is 10.3. The molecule has 0 amide bonds. The van der Waals surface area contributed by atoms with Crippen molar-refractivity contribution in [1.82, 2.24) is 9.78 Å². The van der Waals surface area contributed by atoms with Crippen molar-refractivity contribution in [1.29, 1.82) is 0 Å². The molecule has 0 aliphatic carbocycles. The number of nitrogens with zero attached hydrogens (tertiary/aromatic N) is 2. The van der Waals surface area contributed by atoms with Crippen LogP contribution < -0.4 is 0 Å². The lowest BCUT2D eigenvalue weighted by atomic mass is 10.2. The Balaban J connectivity index is 2.79. The summed E-state index contributed by atoms with van der Waals surface area (Å²) in [5.74, 6) is 0. The molecule has 1 aromatic carbocycles. The first-order valence-corrected chi connectivity index (χ1v) is 5.53. The van der Waals surface area contributed by atoms with E-state index in [2.05, 4.69) is 60.0 Å². The second kappa shape index (κ2) is 3.39. The lowest BCUT2D eigenvalue weighted by molar-refractivity contribution is 0.548. The van der Waals surface area contributed by atoms with Gasteiger partial charge < -0.3 is 0 Å². The lowest BCUT2D eigenvalue weighted by Crippen LogP contribution is -2.02. The summed E-state index contributed by atoms with van der Waals surface area (Å²) < 4.78 is 2.98. The number of aryl methyl sites for hydroxylation is 1. The zero-order valence-corrected chi connectivity index (χ0v) is 10.2. The van der Waals surface area contributed by atoms with Crippen molar-refractivity contribution in [2.75, 3.05) is 0 Å². The molecule has 2 rings (SSSR count). The normalized spacial score (nSPS) is 11.5. The number of aromatic nitrogens is 2. The Labute approximate surface area is 92.0 Å². The Kier molecular flexibility index (Phi) is 2.35. The van der Waals surface area contributed by atoms with Crippen molar-refractivity contribution in [2.24, 2.45) is 0 Å². The van der Waals surface area contributed by atoms with E-state index in [0.29, 0.717) is 6.04 Å². The second-order valence-electron chi connectivity index (χ2n) is 3.85. The molecule has 0 unspecified atom stereocenters.